The number of nitrogens with one attached hydrogen (secondary N) is 3. The summed E-state index contributed by atoms with van der Waals surface area (Å²) in [5.74, 6) is 0.665. The van der Waals surface area contributed by atoms with E-state index in [9.17, 15) is 21.6 Å². The SMILES string of the molecule is CCNC(=NCc1ccn[nH]1)NCC1CCN(S(=O)(=O)C(F)(F)F)CC1.I. The standard InChI is InChI=1S/C14H23F3N6O2S.HI/c1-2-18-13(20-10-12-3-6-21-22-12)19-9-11-4-7-23(8-5-11)26(24,25)14(15,16)17;/h3,6,11H,2,4-5,7-10H2,1H3,(H,21,22)(H2,18,19,20);1H. The highest BCUT2D eigenvalue weighted by atomic mass is 127. The Hall–Kier alpha value is -1.09. The topological polar surface area (TPSA) is 102 Å². The van der Waals surface area contributed by atoms with Crippen molar-refractivity contribution in [2.24, 2.45) is 10.9 Å². The van der Waals surface area contributed by atoms with Gasteiger partial charge in [-0.25, -0.2) is 13.4 Å². The molecule has 0 aliphatic carbocycles. The summed E-state index contributed by atoms with van der Waals surface area (Å²) in [5, 5.41) is 12.9. The molecular weight excluding hydrogens is 500 g/mol. The van der Waals surface area contributed by atoms with Gasteiger partial charge in [0, 0.05) is 32.4 Å². The van der Waals surface area contributed by atoms with Crippen molar-refractivity contribution < 1.29 is 21.6 Å². The Labute approximate surface area is 173 Å². The van der Waals surface area contributed by atoms with Gasteiger partial charge < -0.3 is 10.6 Å². The van der Waals surface area contributed by atoms with Crippen LogP contribution in [0.4, 0.5) is 13.2 Å². The van der Waals surface area contributed by atoms with Crippen molar-refractivity contribution >= 4 is 40.0 Å². The summed E-state index contributed by atoms with van der Waals surface area (Å²) in [7, 11) is -5.23. The van der Waals surface area contributed by atoms with E-state index in [1.54, 1.807) is 6.20 Å². The Balaban J connectivity index is 0.00000364. The maximum Gasteiger partial charge on any atom is 0.511 e. The van der Waals surface area contributed by atoms with Crippen molar-refractivity contribution in [3.8, 4) is 0 Å². The van der Waals surface area contributed by atoms with Gasteiger partial charge in [-0.3, -0.25) is 5.10 Å². The molecule has 1 saturated heterocycles. The van der Waals surface area contributed by atoms with Crippen LogP contribution in [0, 0.1) is 5.92 Å². The lowest BCUT2D eigenvalue weighted by molar-refractivity contribution is -0.0496. The Bertz CT molecular complexity index is 688. The van der Waals surface area contributed by atoms with E-state index in [0.717, 1.165) is 5.69 Å². The Kier molecular flexibility index (Phi) is 9.27. The summed E-state index contributed by atoms with van der Waals surface area (Å²) in [6.45, 7) is 3.25. The van der Waals surface area contributed by atoms with Gasteiger partial charge in [0.1, 0.15) is 0 Å². The van der Waals surface area contributed by atoms with Crippen LogP contribution in [-0.4, -0.2) is 60.6 Å². The first-order valence-electron chi connectivity index (χ1n) is 8.31. The molecular formula is C14H24F3IN6O2S. The van der Waals surface area contributed by atoms with Crippen molar-refractivity contribution in [3.05, 3.63) is 18.0 Å². The zero-order valence-corrected chi connectivity index (χ0v) is 17.9. The minimum Gasteiger partial charge on any atom is -0.357 e. The first kappa shape index (κ1) is 23.9. The Morgan fingerprint density at radius 2 is 2.04 bits per heavy atom. The third-order valence-corrected chi connectivity index (χ3v) is 5.70. The molecule has 0 bridgehead atoms. The van der Waals surface area contributed by atoms with Crippen molar-refractivity contribution in [1.82, 2.24) is 25.1 Å². The number of alkyl halides is 3. The second kappa shape index (κ2) is 10.5. The average molecular weight is 524 g/mol. The molecule has 27 heavy (non-hydrogen) atoms. The molecule has 13 heteroatoms. The number of nitrogens with zero attached hydrogens (tertiary/aromatic N) is 3. The Morgan fingerprint density at radius 3 is 2.56 bits per heavy atom. The van der Waals surface area contributed by atoms with Crippen LogP contribution in [0.3, 0.4) is 0 Å². The van der Waals surface area contributed by atoms with E-state index in [2.05, 4.69) is 25.8 Å². The fraction of sp³-hybridized carbons (Fsp3) is 0.714. The molecule has 0 amide bonds. The van der Waals surface area contributed by atoms with Gasteiger partial charge in [0.25, 0.3) is 0 Å². The minimum atomic E-state index is -5.24. The zero-order valence-electron chi connectivity index (χ0n) is 14.8. The van der Waals surface area contributed by atoms with Gasteiger partial charge >= 0.3 is 15.5 Å². The molecule has 1 aliphatic heterocycles. The highest BCUT2D eigenvalue weighted by molar-refractivity contribution is 14.0. The number of hydrogen-bond acceptors (Lipinski definition) is 4. The lowest BCUT2D eigenvalue weighted by atomic mass is 9.98. The van der Waals surface area contributed by atoms with Crippen LogP contribution >= 0.6 is 24.0 Å². The van der Waals surface area contributed by atoms with Gasteiger partial charge in [-0.2, -0.15) is 22.6 Å². The van der Waals surface area contributed by atoms with Crippen LogP contribution in [0.5, 0.6) is 0 Å². The van der Waals surface area contributed by atoms with Gasteiger partial charge in [0.2, 0.25) is 0 Å². The monoisotopic (exact) mass is 524 g/mol. The first-order chi connectivity index (χ1) is 12.2. The van der Waals surface area contributed by atoms with E-state index in [1.165, 1.54) is 0 Å². The summed E-state index contributed by atoms with van der Waals surface area (Å²) < 4.78 is 61.1. The lowest BCUT2D eigenvalue weighted by Gasteiger charge is -2.31. The van der Waals surface area contributed by atoms with E-state index in [4.69, 9.17) is 0 Å². The van der Waals surface area contributed by atoms with E-state index in [-0.39, 0.29) is 43.0 Å². The van der Waals surface area contributed by atoms with Crippen molar-refractivity contribution in [3.63, 3.8) is 0 Å². The second-order valence-corrected chi connectivity index (χ2v) is 7.88. The normalized spacial score (nSPS) is 17.4. The lowest BCUT2D eigenvalue weighted by Crippen LogP contribution is -2.47. The molecule has 0 aromatic carbocycles. The Morgan fingerprint density at radius 1 is 1.37 bits per heavy atom. The molecule has 0 saturated carbocycles. The minimum absolute atomic E-state index is 0. The third kappa shape index (κ3) is 6.78. The fourth-order valence-corrected chi connectivity index (χ4v) is 3.60. The highest BCUT2D eigenvalue weighted by Gasteiger charge is 2.50. The predicted octanol–water partition coefficient (Wildman–Crippen LogP) is 1.64. The van der Waals surface area contributed by atoms with E-state index >= 15 is 0 Å². The average Bonchev–Trinajstić information content (AvgIpc) is 3.10. The largest absolute Gasteiger partial charge is 0.511 e. The summed E-state index contributed by atoms with van der Waals surface area (Å²) in [4.78, 5) is 4.39. The molecule has 1 aromatic heterocycles. The fourth-order valence-electron chi connectivity index (χ4n) is 2.62. The molecule has 156 valence electrons. The number of piperidine rings is 1. The second-order valence-electron chi connectivity index (χ2n) is 5.95. The molecule has 0 atom stereocenters. The summed E-state index contributed by atoms with van der Waals surface area (Å²) in [5.41, 5.74) is -4.39. The van der Waals surface area contributed by atoms with Gasteiger partial charge in [-0.05, 0) is 31.7 Å². The molecule has 0 radical (unpaired) electrons. The maximum absolute atomic E-state index is 12.6. The highest BCUT2D eigenvalue weighted by Crippen LogP contribution is 2.30. The van der Waals surface area contributed by atoms with Crippen LogP contribution in [-0.2, 0) is 16.6 Å². The molecule has 0 unspecified atom stereocenters. The molecule has 1 fully saturated rings. The first-order valence-corrected chi connectivity index (χ1v) is 9.75. The molecule has 0 spiro atoms. The van der Waals surface area contributed by atoms with E-state index in [1.807, 2.05) is 13.0 Å². The van der Waals surface area contributed by atoms with Gasteiger partial charge in [0.15, 0.2) is 5.96 Å². The quantitative estimate of drug-likeness (QED) is 0.299. The maximum atomic E-state index is 12.6. The number of aromatic amines is 1. The molecule has 1 aliphatic rings. The van der Waals surface area contributed by atoms with Crippen LogP contribution in [0.1, 0.15) is 25.5 Å². The summed E-state index contributed by atoms with van der Waals surface area (Å²) in [6.07, 6.45) is 2.36. The molecule has 2 rings (SSSR count). The van der Waals surface area contributed by atoms with Crippen LogP contribution in [0.15, 0.2) is 17.3 Å². The van der Waals surface area contributed by atoms with Crippen LogP contribution < -0.4 is 10.6 Å². The van der Waals surface area contributed by atoms with Gasteiger partial charge in [0.05, 0.1) is 12.2 Å². The molecule has 8 nitrogen and oxygen atoms in total. The van der Waals surface area contributed by atoms with Crippen molar-refractivity contribution in [1.29, 1.82) is 0 Å². The number of sulfonamides is 1. The van der Waals surface area contributed by atoms with Gasteiger partial charge in [-0.15, -0.1) is 24.0 Å². The number of H-pyrrole nitrogens is 1. The number of hydrogen-bond donors (Lipinski definition) is 3. The van der Waals surface area contributed by atoms with Crippen LogP contribution in [0.2, 0.25) is 0 Å². The predicted molar refractivity (Wildman–Crippen MR) is 106 cm³/mol. The number of guanidine groups is 1. The van der Waals surface area contributed by atoms with E-state index in [0.29, 0.717) is 42.7 Å². The number of halogens is 4. The molecule has 2 heterocycles. The van der Waals surface area contributed by atoms with Crippen LogP contribution in [0.25, 0.3) is 0 Å². The molecule has 1 aromatic rings. The zero-order chi connectivity index (χ0) is 19.2. The number of aromatic nitrogens is 2. The summed E-state index contributed by atoms with van der Waals surface area (Å²) in [6, 6.07) is 1.81. The molecule has 3 N–H and O–H groups in total. The smallest absolute Gasteiger partial charge is 0.357 e. The van der Waals surface area contributed by atoms with Gasteiger partial charge in [-0.1, -0.05) is 0 Å². The van der Waals surface area contributed by atoms with Crippen molar-refractivity contribution in [2.45, 2.75) is 31.8 Å². The number of rotatable bonds is 6. The van der Waals surface area contributed by atoms with E-state index < -0.39 is 15.5 Å². The third-order valence-electron chi connectivity index (χ3n) is 4.07. The summed E-state index contributed by atoms with van der Waals surface area (Å²) >= 11 is 0. The van der Waals surface area contributed by atoms with Crippen molar-refractivity contribution in [2.75, 3.05) is 26.2 Å². The number of aliphatic imine (C=N–C) groups is 1.